The number of hydrogen-bond acceptors (Lipinski definition) is 3. The Morgan fingerprint density at radius 2 is 1.96 bits per heavy atom. The second-order valence-electron chi connectivity index (χ2n) is 6.58. The number of imidazole rings is 1. The SMILES string of the molecule is Cc1ccc(-n2ccn(CC3(CS(C)(=O)=O)CC3)c2=O)cc1Cl. The Balaban J connectivity index is 1.88. The van der Waals surface area contributed by atoms with Crippen molar-refractivity contribution < 1.29 is 8.42 Å². The summed E-state index contributed by atoms with van der Waals surface area (Å²) in [6, 6.07) is 5.47. The molecular weight excluding hydrogens is 336 g/mol. The van der Waals surface area contributed by atoms with E-state index in [0.29, 0.717) is 17.3 Å². The molecule has 0 N–H and O–H groups in total. The maximum atomic E-state index is 12.6. The summed E-state index contributed by atoms with van der Waals surface area (Å²) in [6.07, 6.45) is 6.33. The van der Waals surface area contributed by atoms with Gasteiger partial charge in [-0.05, 0) is 37.5 Å². The van der Waals surface area contributed by atoms with Crippen LogP contribution in [0.1, 0.15) is 18.4 Å². The van der Waals surface area contributed by atoms with Crippen molar-refractivity contribution >= 4 is 21.4 Å². The normalized spacial score (nSPS) is 16.5. The fourth-order valence-corrected chi connectivity index (χ4v) is 4.57. The lowest BCUT2D eigenvalue weighted by molar-refractivity contribution is 0.450. The summed E-state index contributed by atoms with van der Waals surface area (Å²) in [7, 11) is -3.05. The fraction of sp³-hybridized carbons (Fsp3) is 0.438. The van der Waals surface area contributed by atoms with E-state index in [1.54, 1.807) is 23.0 Å². The Hall–Kier alpha value is -1.53. The summed E-state index contributed by atoms with van der Waals surface area (Å²) >= 11 is 6.12. The molecule has 1 fully saturated rings. The summed E-state index contributed by atoms with van der Waals surface area (Å²) in [4.78, 5) is 12.6. The third kappa shape index (κ3) is 3.53. The second kappa shape index (κ2) is 5.53. The second-order valence-corrected chi connectivity index (χ2v) is 9.13. The molecule has 2 aromatic rings. The van der Waals surface area contributed by atoms with Crippen molar-refractivity contribution in [1.82, 2.24) is 9.13 Å². The molecule has 0 radical (unpaired) electrons. The maximum Gasteiger partial charge on any atom is 0.332 e. The van der Waals surface area contributed by atoms with Crippen LogP contribution < -0.4 is 5.69 Å². The molecule has 0 bridgehead atoms. The van der Waals surface area contributed by atoms with Gasteiger partial charge in [-0.25, -0.2) is 13.2 Å². The Kier molecular flexibility index (Phi) is 3.92. The lowest BCUT2D eigenvalue weighted by Crippen LogP contribution is -2.29. The lowest BCUT2D eigenvalue weighted by atomic mass is 10.1. The standard InChI is InChI=1S/C16H19ClN2O3S/c1-12-3-4-13(9-14(12)17)19-8-7-18(15(19)20)10-16(5-6-16)11-23(2,21)22/h3-4,7-9H,5-6,10-11H2,1-2H3. The molecule has 1 heterocycles. The van der Waals surface area contributed by atoms with Crippen molar-refractivity contribution in [1.29, 1.82) is 0 Å². The molecule has 1 aromatic carbocycles. The summed E-state index contributed by atoms with van der Waals surface area (Å²) in [6.45, 7) is 2.34. The quantitative estimate of drug-likeness (QED) is 0.828. The van der Waals surface area contributed by atoms with Gasteiger partial charge in [-0.3, -0.25) is 9.13 Å². The molecule has 0 atom stereocenters. The van der Waals surface area contributed by atoms with Crippen molar-refractivity contribution in [3.8, 4) is 5.69 Å². The molecule has 1 aliphatic carbocycles. The molecule has 124 valence electrons. The first kappa shape index (κ1) is 16.3. The molecule has 7 heteroatoms. The number of aromatic nitrogens is 2. The first-order chi connectivity index (χ1) is 10.7. The van der Waals surface area contributed by atoms with Gasteiger partial charge in [-0.2, -0.15) is 0 Å². The van der Waals surface area contributed by atoms with Crippen molar-refractivity contribution in [2.75, 3.05) is 12.0 Å². The Bertz CT molecular complexity index is 908. The van der Waals surface area contributed by atoms with E-state index >= 15 is 0 Å². The van der Waals surface area contributed by atoms with Gasteiger partial charge in [-0.1, -0.05) is 17.7 Å². The minimum absolute atomic E-state index is 0.133. The molecule has 23 heavy (non-hydrogen) atoms. The van der Waals surface area contributed by atoms with Crippen LogP contribution in [0.4, 0.5) is 0 Å². The van der Waals surface area contributed by atoms with Gasteiger partial charge >= 0.3 is 5.69 Å². The summed E-state index contributed by atoms with van der Waals surface area (Å²) in [5.41, 5.74) is 1.20. The molecule has 0 spiro atoms. The van der Waals surface area contributed by atoms with E-state index in [1.807, 2.05) is 19.1 Å². The van der Waals surface area contributed by atoms with Crippen molar-refractivity contribution in [2.45, 2.75) is 26.3 Å². The first-order valence-electron chi connectivity index (χ1n) is 7.41. The lowest BCUT2D eigenvalue weighted by Gasteiger charge is -2.13. The van der Waals surface area contributed by atoms with Gasteiger partial charge < -0.3 is 0 Å². The number of aryl methyl sites for hydroxylation is 1. The van der Waals surface area contributed by atoms with Crippen LogP contribution in [-0.4, -0.2) is 29.6 Å². The highest BCUT2D eigenvalue weighted by Crippen LogP contribution is 2.47. The molecule has 0 saturated heterocycles. The van der Waals surface area contributed by atoms with Gasteiger partial charge in [0.25, 0.3) is 0 Å². The maximum absolute atomic E-state index is 12.6. The Morgan fingerprint density at radius 1 is 1.26 bits per heavy atom. The largest absolute Gasteiger partial charge is 0.332 e. The van der Waals surface area contributed by atoms with E-state index in [4.69, 9.17) is 11.6 Å². The molecule has 1 saturated carbocycles. The topological polar surface area (TPSA) is 61.1 Å². The number of benzene rings is 1. The van der Waals surface area contributed by atoms with Crippen LogP contribution in [0, 0.1) is 12.3 Å². The highest BCUT2D eigenvalue weighted by molar-refractivity contribution is 7.90. The first-order valence-corrected chi connectivity index (χ1v) is 9.85. The third-order valence-electron chi connectivity index (χ3n) is 4.31. The predicted octanol–water partition coefficient (Wildman–Crippen LogP) is 2.43. The molecule has 0 amide bonds. The van der Waals surface area contributed by atoms with Crippen molar-refractivity contribution in [2.24, 2.45) is 5.41 Å². The Labute approximate surface area is 140 Å². The zero-order valence-corrected chi connectivity index (χ0v) is 14.7. The molecule has 1 aromatic heterocycles. The summed E-state index contributed by atoms with van der Waals surface area (Å²) < 4.78 is 26.2. The number of rotatable bonds is 5. The molecular formula is C16H19ClN2O3S. The van der Waals surface area contributed by atoms with Gasteiger partial charge in [0.1, 0.15) is 9.84 Å². The fourth-order valence-electron chi connectivity index (χ4n) is 2.90. The van der Waals surface area contributed by atoms with Crippen LogP contribution in [0.25, 0.3) is 5.69 Å². The average Bonchev–Trinajstić information content (AvgIpc) is 3.08. The van der Waals surface area contributed by atoms with Gasteiger partial charge in [0, 0.05) is 35.6 Å². The number of sulfone groups is 1. The minimum Gasteiger partial charge on any atom is -0.298 e. The van der Waals surface area contributed by atoms with Crippen LogP contribution in [0.15, 0.2) is 35.4 Å². The van der Waals surface area contributed by atoms with Crippen LogP contribution in [0.3, 0.4) is 0 Å². The van der Waals surface area contributed by atoms with E-state index in [2.05, 4.69) is 0 Å². The number of hydrogen-bond donors (Lipinski definition) is 0. The molecule has 1 aliphatic rings. The smallest absolute Gasteiger partial charge is 0.298 e. The van der Waals surface area contributed by atoms with Gasteiger partial charge in [-0.15, -0.1) is 0 Å². The van der Waals surface area contributed by atoms with Gasteiger partial charge in [0.05, 0.1) is 11.4 Å². The monoisotopic (exact) mass is 354 g/mol. The predicted molar refractivity (Wildman–Crippen MR) is 91.2 cm³/mol. The summed E-state index contributed by atoms with van der Waals surface area (Å²) in [5.74, 6) is 0.133. The van der Waals surface area contributed by atoms with Crippen LogP contribution in [0.2, 0.25) is 5.02 Å². The van der Waals surface area contributed by atoms with Crippen LogP contribution >= 0.6 is 11.6 Å². The summed E-state index contributed by atoms with van der Waals surface area (Å²) in [5, 5.41) is 0.609. The zero-order chi connectivity index (χ0) is 16.8. The minimum atomic E-state index is -3.05. The zero-order valence-electron chi connectivity index (χ0n) is 13.1. The highest BCUT2D eigenvalue weighted by atomic mass is 35.5. The molecule has 0 aliphatic heterocycles. The van der Waals surface area contributed by atoms with Crippen molar-refractivity contribution in [3.63, 3.8) is 0 Å². The van der Waals surface area contributed by atoms with E-state index in [9.17, 15) is 13.2 Å². The van der Waals surface area contributed by atoms with Gasteiger partial charge in [0.2, 0.25) is 0 Å². The number of halogens is 1. The van der Waals surface area contributed by atoms with E-state index in [0.717, 1.165) is 18.4 Å². The van der Waals surface area contributed by atoms with E-state index in [-0.39, 0.29) is 16.9 Å². The van der Waals surface area contributed by atoms with E-state index < -0.39 is 9.84 Å². The van der Waals surface area contributed by atoms with Gasteiger partial charge in [0.15, 0.2) is 0 Å². The van der Waals surface area contributed by atoms with Crippen molar-refractivity contribution in [3.05, 3.63) is 51.7 Å². The van der Waals surface area contributed by atoms with E-state index in [1.165, 1.54) is 10.8 Å². The third-order valence-corrected chi connectivity index (χ3v) is 5.86. The molecule has 3 rings (SSSR count). The highest BCUT2D eigenvalue weighted by Gasteiger charge is 2.45. The number of nitrogens with zero attached hydrogens (tertiary/aromatic N) is 2. The molecule has 5 nitrogen and oxygen atoms in total. The Morgan fingerprint density at radius 3 is 2.52 bits per heavy atom. The van der Waals surface area contributed by atoms with Crippen LogP contribution in [-0.2, 0) is 16.4 Å². The molecule has 0 unspecified atom stereocenters. The van der Waals surface area contributed by atoms with Crippen LogP contribution in [0.5, 0.6) is 0 Å². The average molecular weight is 355 g/mol.